The van der Waals surface area contributed by atoms with E-state index in [0.717, 1.165) is 24.2 Å². The molecule has 26 heavy (non-hydrogen) atoms. The van der Waals surface area contributed by atoms with Gasteiger partial charge in [0.1, 0.15) is 12.1 Å². The average Bonchev–Trinajstić information content (AvgIpc) is 2.82. The number of hydrogen-bond acceptors (Lipinski definition) is 6. The number of urea groups is 1. The number of carbonyl (C=O) groups is 4. The van der Waals surface area contributed by atoms with Crippen molar-refractivity contribution >= 4 is 23.8 Å². The highest BCUT2D eigenvalue weighted by atomic mass is 16.5. The van der Waals surface area contributed by atoms with Gasteiger partial charge in [0.25, 0.3) is 11.8 Å². The first kappa shape index (κ1) is 20.2. The minimum Gasteiger partial charge on any atom is -0.451 e. The summed E-state index contributed by atoms with van der Waals surface area (Å²) in [5, 5.41) is 5.32. The molecule has 2 rings (SSSR count). The molecule has 1 heterocycles. The largest absolute Gasteiger partial charge is 0.451 e. The average molecular weight is 369 g/mol. The van der Waals surface area contributed by atoms with Gasteiger partial charge in [-0.25, -0.2) is 4.79 Å². The van der Waals surface area contributed by atoms with Crippen molar-refractivity contribution in [2.24, 2.45) is 5.92 Å². The molecule has 0 unspecified atom stereocenters. The topological polar surface area (TPSA) is 114 Å². The van der Waals surface area contributed by atoms with Gasteiger partial charge in [-0.3, -0.25) is 19.3 Å². The van der Waals surface area contributed by atoms with Crippen molar-refractivity contribution in [3.63, 3.8) is 0 Å². The minimum atomic E-state index is -1.03. The number of nitrogens with one attached hydrogen (secondary N) is 2. The molecule has 4 amide bonds. The van der Waals surface area contributed by atoms with E-state index >= 15 is 0 Å². The molecular weight excluding hydrogens is 342 g/mol. The molecular formula is C17H27N3O6. The van der Waals surface area contributed by atoms with E-state index in [-0.39, 0.29) is 11.8 Å². The van der Waals surface area contributed by atoms with Gasteiger partial charge in [0.05, 0.1) is 6.61 Å². The quantitative estimate of drug-likeness (QED) is 0.376. The minimum absolute atomic E-state index is 0.0132. The summed E-state index contributed by atoms with van der Waals surface area (Å²) in [6.07, 6.45) is 2.27. The Bertz CT molecular complexity index is 581. The first-order valence-corrected chi connectivity index (χ1v) is 8.92. The highest BCUT2D eigenvalue weighted by Gasteiger charge is 2.55. The molecule has 0 aromatic rings. The van der Waals surface area contributed by atoms with Crippen LogP contribution in [0.4, 0.5) is 4.79 Å². The Morgan fingerprint density at radius 1 is 1.38 bits per heavy atom. The third kappa shape index (κ3) is 4.14. The van der Waals surface area contributed by atoms with E-state index in [0.29, 0.717) is 19.6 Å². The summed E-state index contributed by atoms with van der Waals surface area (Å²) >= 11 is 0. The van der Waals surface area contributed by atoms with Crippen LogP contribution < -0.4 is 10.6 Å². The van der Waals surface area contributed by atoms with Gasteiger partial charge in [0, 0.05) is 13.7 Å². The molecule has 9 nitrogen and oxygen atoms in total. The fourth-order valence-corrected chi connectivity index (χ4v) is 3.48. The summed E-state index contributed by atoms with van der Waals surface area (Å²) in [5.74, 6) is -1.64. The van der Waals surface area contributed by atoms with Crippen LogP contribution in [-0.4, -0.2) is 67.2 Å². The van der Waals surface area contributed by atoms with Gasteiger partial charge in [-0.1, -0.05) is 19.8 Å². The predicted octanol–water partition coefficient (Wildman–Crippen LogP) is 0.181. The molecule has 2 aliphatic rings. The second kappa shape index (κ2) is 8.48. The summed E-state index contributed by atoms with van der Waals surface area (Å²) < 4.78 is 9.86. The fourth-order valence-electron chi connectivity index (χ4n) is 3.48. The van der Waals surface area contributed by atoms with Gasteiger partial charge in [-0.2, -0.15) is 0 Å². The first-order valence-electron chi connectivity index (χ1n) is 8.92. The lowest BCUT2D eigenvalue weighted by molar-refractivity contribution is -0.157. The third-order valence-corrected chi connectivity index (χ3v) is 5.07. The van der Waals surface area contributed by atoms with Crippen molar-refractivity contribution < 1.29 is 28.7 Å². The Balaban J connectivity index is 1.91. The molecule has 1 aliphatic carbocycles. The summed E-state index contributed by atoms with van der Waals surface area (Å²) in [6.45, 7) is 3.50. The van der Waals surface area contributed by atoms with Crippen LogP contribution in [0.2, 0.25) is 0 Å². The maximum Gasteiger partial charge on any atom is 0.327 e. The monoisotopic (exact) mass is 369 g/mol. The number of imide groups is 1. The molecule has 3 atom stereocenters. The molecule has 1 spiro atoms. The summed E-state index contributed by atoms with van der Waals surface area (Å²) in [4.78, 5) is 49.8. The van der Waals surface area contributed by atoms with Crippen LogP contribution in [0, 0.1) is 5.92 Å². The number of hydrogen-bond donors (Lipinski definition) is 2. The van der Waals surface area contributed by atoms with Gasteiger partial charge in [0.2, 0.25) is 0 Å². The zero-order valence-corrected chi connectivity index (χ0v) is 15.5. The van der Waals surface area contributed by atoms with Gasteiger partial charge in [0.15, 0.2) is 6.10 Å². The number of methoxy groups -OCH3 is 1. The summed E-state index contributed by atoms with van der Waals surface area (Å²) in [7, 11) is 1.51. The molecule has 0 radical (unpaired) electrons. The Kier molecular flexibility index (Phi) is 6.57. The molecule has 2 fully saturated rings. The SMILES string of the molecule is COCCNC(=O)[C@H](C)OC(=O)CN1C(=O)N[C@]2(CCCC[C@@H]2C)C1=O. The normalized spacial score (nSPS) is 26.6. The highest BCUT2D eigenvalue weighted by Crippen LogP contribution is 2.38. The van der Waals surface area contributed by atoms with Gasteiger partial charge >= 0.3 is 12.0 Å². The molecule has 0 aromatic carbocycles. The van der Waals surface area contributed by atoms with Crippen LogP contribution >= 0.6 is 0 Å². The lowest BCUT2D eigenvalue weighted by atomic mass is 9.73. The van der Waals surface area contributed by atoms with Gasteiger partial charge in [-0.05, 0) is 25.7 Å². The van der Waals surface area contributed by atoms with Crippen LogP contribution in [0.5, 0.6) is 0 Å². The molecule has 1 aliphatic heterocycles. The standard InChI is InChI=1S/C17H27N3O6/c1-11-6-4-5-7-17(11)15(23)20(16(24)19-17)10-13(21)26-12(2)14(22)18-8-9-25-3/h11-12H,4-10H2,1-3H3,(H,18,22)(H,19,24)/t11-,12-,17-/m0/s1. The van der Waals surface area contributed by atoms with Gasteiger partial charge in [-0.15, -0.1) is 0 Å². The second-order valence-electron chi connectivity index (χ2n) is 6.86. The van der Waals surface area contributed by atoms with E-state index in [1.165, 1.54) is 14.0 Å². The lowest BCUT2D eigenvalue weighted by Gasteiger charge is -2.36. The Morgan fingerprint density at radius 2 is 2.12 bits per heavy atom. The van der Waals surface area contributed by atoms with Crippen LogP contribution in [0.1, 0.15) is 39.5 Å². The Labute approximate surface area is 152 Å². The van der Waals surface area contributed by atoms with Crippen LogP contribution in [0.25, 0.3) is 0 Å². The molecule has 146 valence electrons. The van der Waals surface area contributed by atoms with E-state index in [1.54, 1.807) is 0 Å². The van der Waals surface area contributed by atoms with Crippen LogP contribution in [-0.2, 0) is 23.9 Å². The van der Waals surface area contributed by atoms with Crippen LogP contribution in [0.15, 0.2) is 0 Å². The summed E-state index contributed by atoms with van der Waals surface area (Å²) in [5.41, 5.74) is -0.918. The molecule has 1 saturated carbocycles. The van der Waals surface area contributed by atoms with Crippen molar-refractivity contribution in [2.75, 3.05) is 26.8 Å². The molecule has 9 heteroatoms. The number of nitrogens with zero attached hydrogens (tertiary/aromatic N) is 1. The number of rotatable bonds is 7. The van der Waals surface area contributed by atoms with Crippen molar-refractivity contribution in [2.45, 2.75) is 51.2 Å². The van der Waals surface area contributed by atoms with Crippen molar-refractivity contribution in [1.29, 1.82) is 0 Å². The van der Waals surface area contributed by atoms with E-state index in [4.69, 9.17) is 9.47 Å². The maximum absolute atomic E-state index is 12.8. The Hall–Kier alpha value is -2.16. The number of ether oxygens (including phenoxy) is 2. The molecule has 2 N–H and O–H groups in total. The lowest BCUT2D eigenvalue weighted by Crippen LogP contribution is -2.54. The third-order valence-electron chi connectivity index (χ3n) is 5.07. The predicted molar refractivity (Wildman–Crippen MR) is 91.0 cm³/mol. The fraction of sp³-hybridized carbons (Fsp3) is 0.765. The van der Waals surface area contributed by atoms with Crippen LogP contribution in [0.3, 0.4) is 0 Å². The van der Waals surface area contributed by atoms with E-state index < -0.39 is 36.1 Å². The van der Waals surface area contributed by atoms with E-state index in [2.05, 4.69) is 10.6 Å². The van der Waals surface area contributed by atoms with E-state index in [1.807, 2.05) is 6.92 Å². The first-order chi connectivity index (χ1) is 12.3. The zero-order chi connectivity index (χ0) is 19.3. The van der Waals surface area contributed by atoms with Crippen molar-refractivity contribution in [1.82, 2.24) is 15.5 Å². The smallest absolute Gasteiger partial charge is 0.327 e. The molecule has 0 aromatic heterocycles. The molecule has 0 bridgehead atoms. The maximum atomic E-state index is 12.8. The second-order valence-corrected chi connectivity index (χ2v) is 6.86. The molecule has 1 saturated heterocycles. The summed E-state index contributed by atoms with van der Waals surface area (Å²) in [6, 6.07) is -0.585. The number of carbonyl (C=O) groups excluding carboxylic acids is 4. The van der Waals surface area contributed by atoms with Crippen molar-refractivity contribution in [3.05, 3.63) is 0 Å². The van der Waals surface area contributed by atoms with Crippen molar-refractivity contribution in [3.8, 4) is 0 Å². The zero-order valence-electron chi connectivity index (χ0n) is 15.5. The number of amides is 4. The van der Waals surface area contributed by atoms with E-state index in [9.17, 15) is 19.2 Å². The van der Waals surface area contributed by atoms with Gasteiger partial charge < -0.3 is 20.1 Å². The Morgan fingerprint density at radius 3 is 2.77 bits per heavy atom. The number of esters is 1. The highest BCUT2D eigenvalue weighted by molar-refractivity contribution is 6.09.